The number of hydrogen-bond donors (Lipinski definition) is 0. The number of benzene rings is 2. The maximum Gasteiger partial charge on any atom is 0.387 e. The van der Waals surface area contributed by atoms with Gasteiger partial charge in [0.05, 0.1) is 6.61 Å². The third kappa shape index (κ3) is 7.00. The van der Waals surface area contributed by atoms with Crippen LogP contribution in [0.25, 0.3) is 0 Å². The lowest BCUT2D eigenvalue weighted by molar-refractivity contribution is -0.130. The second-order valence-corrected chi connectivity index (χ2v) is 6.60. The van der Waals surface area contributed by atoms with Crippen molar-refractivity contribution in [3.05, 3.63) is 58.6 Å². The van der Waals surface area contributed by atoms with Gasteiger partial charge in [-0.05, 0) is 42.3 Å². The monoisotopic (exact) mass is 427 g/mol. The highest BCUT2D eigenvalue weighted by Crippen LogP contribution is 2.18. The topological polar surface area (TPSA) is 38.8 Å². The molecule has 7 heteroatoms. The summed E-state index contributed by atoms with van der Waals surface area (Å²) >= 11 is 3.38. The van der Waals surface area contributed by atoms with Crippen LogP contribution in [0, 0.1) is 0 Å². The first-order valence-electron chi connectivity index (χ1n) is 8.10. The summed E-state index contributed by atoms with van der Waals surface area (Å²) in [6.07, 6.45) is 0.980. The van der Waals surface area contributed by atoms with E-state index in [4.69, 9.17) is 4.74 Å². The molecule has 0 saturated carbocycles. The molecular weight excluding hydrogens is 408 g/mol. The van der Waals surface area contributed by atoms with Crippen LogP contribution in [-0.2, 0) is 11.3 Å². The van der Waals surface area contributed by atoms with Gasteiger partial charge in [-0.2, -0.15) is 8.78 Å². The van der Waals surface area contributed by atoms with Gasteiger partial charge in [-0.3, -0.25) is 4.79 Å². The number of carbonyl (C=O) groups is 1. The van der Waals surface area contributed by atoms with Crippen LogP contribution in [0.2, 0.25) is 0 Å². The van der Waals surface area contributed by atoms with Gasteiger partial charge in [0.2, 0.25) is 5.91 Å². The quantitative estimate of drug-likeness (QED) is 0.535. The minimum Gasteiger partial charge on any atom is -0.494 e. The van der Waals surface area contributed by atoms with Gasteiger partial charge in [0.1, 0.15) is 11.5 Å². The van der Waals surface area contributed by atoms with E-state index in [-0.39, 0.29) is 11.7 Å². The molecule has 0 bridgehead atoms. The van der Waals surface area contributed by atoms with Crippen molar-refractivity contribution in [2.24, 2.45) is 0 Å². The lowest BCUT2D eigenvalue weighted by atomic mass is 10.2. The van der Waals surface area contributed by atoms with Crippen LogP contribution < -0.4 is 9.47 Å². The summed E-state index contributed by atoms with van der Waals surface area (Å²) in [7, 11) is 1.71. The molecule has 2 aromatic carbocycles. The molecule has 0 unspecified atom stereocenters. The average molecular weight is 428 g/mol. The first-order chi connectivity index (χ1) is 12.4. The Labute approximate surface area is 159 Å². The second kappa shape index (κ2) is 10.1. The minimum atomic E-state index is -2.84. The van der Waals surface area contributed by atoms with Crippen molar-refractivity contribution in [1.29, 1.82) is 0 Å². The van der Waals surface area contributed by atoms with E-state index in [2.05, 4.69) is 20.7 Å². The highest BCUT2D eigenvalue weighted by atomic mass is 79.9. The molecule has 0 N–H and O–H groups in total. The lowest BCUT2D eigenvalue weighted by Crippen LogP contribution is -2.26. The molecule has 1 amide bonds. The third-order valence-corrected chi connectivity index (χ3v) is 4.09. The summed E-state index contributed by atoms with van der Waals surface area (Å²) in [5.74, 6) is 0.851. The number of nitrogens with zero attached hydrogens (tertiary/aromatic N) is 1. The summed E-state index contributed by atoms with van der Waals surface area (Å²) < 4.78 is 35.1. The minimum absolute atomic E-state index is 0.00394. The van der Waals surface area contributed by atoms with Gasteiger partial charge in [0.15, 0.2) is 0 Å². The molecule has 4 nitrogen and oxygen atoms in total. The highest BCUT2D eigenvalue weighted by molar-refractivity contribution is 9.10. The average Bonchev–Trinajstić information content (AvgIpc) is 2.60. The summed E-state index contributed by atoms with van der Waals surface area (Å²) in [6, 6.07) is 13.8. The Morgan fingerprint density at radius 3 is 2.54 bits per heavy atom. The van der Waals surface area contributed by atoms with Gasteiger partial charge < -0.3 is 14.4 Å². The van der Waals surface area contributed by atoms with Crippen LogP contribution in [0.1, 0.15) is 18.4 Å². The van der Waals surface area contributed by atoms with Crippen LogP contribution >= 0.6 is 15.9 Å². The number of hydrogen-bond acceptors (Lipinski definition) is 3. The normalized spacial score (nSPS) is 10.7. The Bertz CT molecular complexity index is 710. The Balaban J connectivity index is 1.71. The van der Waals surface area contributed by atoms with E-state index in [9.17, 15) is 13.6 Å². The molecule has 0 aromatic heterocycles. The molecule has 0 saturated heterocycles. The maximum absolute atomic E-state index is 12.2. The largest absolute Gasteiger partial charge is 0.494 e. The number of rotatable bonds is 9. The van der Waals surface area contributed by atoms with Crippen LogP contribution in [0.5, 0.6) is 11.5 Å². The zero-order valence-electron chi connectivity index (χ0n) is 14.3. The fourth-order valence-corrected chi connectivity index (χ4v) is 2.68. The van der Waals surface area contributed by atoms with Gasteiger partial charge in [-0.15, -0.1) is 0 Å². The summed E-state index contributed by atoms with van der Waals surface area (Å²) in [6.45, 7) is -1.99. The molecular formula is C19H20BrF2NO3. The number of carbonyl (C=O) groups excluding carboxylic acids is 1. The van der Waals surface area contributed by atoms with E-state index in [1.807, 2.05) is 24.3 Å². The van der Waals surface area contributed by atoms with Crippen LogP contribution in [0.3, 0.4) is 0 Å². The Kier molecular flexibility index (Phi) is 7.84. The number of halogens is 3. The van der Waals surface area contributed by atoms with E-state index in [1.165, 1.54) is 12.1 Å². The smallest absolute Gasteiger partial charge is 0.387 e. The van der Waals surface area contributed by atoms with Crippen molar-refractivity contribution in [3.63, 3.8) is 0 Å². The standard InChI is InChI=1S/C19H20BrF2NO3/c1-23(13-14-7-9-16(10-8-14)26-19(21)22)18(24)6-3-11-25-17-5-2-4-15(20)12-17/h2,4-5,7-10,12,19H,3,6,11,13H2,1H3. The Hall–Kier alpha value is -2.15. The molecule has 0 aliphatic heterocycles. The number of amides is 1. The fourth-order valence-electron chi connectivity index (χ4n) is 2.30. The first kappa shape index (κ1) is 20.2. The van der Waals surface area contributed by atoms with Crippen molar-refractivity contribution in [3.8, 4) is 11.5 Å². The molecule has 140 valence electrons. The summed E-state index contributed by atoms with van der Waals surface area (Å²) in [5.41, 5.74) is 0.841. The van der Waals surface area contributed by atoms with Crippen molar-refractivity contribution >= 4 is 21.8 Å². The zero-order valence-corrected chi connectivity index (χ0v) is 15.9. The van der Waals surface area contributed by atoms with Gasteiger partial charge in [-0.25, -0.2) is 0 Å². The van der Waals surface area contributed by atoms with Gasteiger partial charge in [0, 0.05) is 24.5 Å². The van der Waals surface area contributed by atoms with Crippen LogP contribution in [0.15, 0.2) is 53.0 Å². The highest BCUT2D eigenvalue weighted by Gasteiger charge is 2.10. The van der Waals surface area contributed by atoms with Crippen LogP contribution in [0.4, 0.5) is 8.78 Å². The first-order valence-corrected chi connectivity index (χ1v) is 8.89. The van der Waals surface area contributed by atoms with Gasteiger partial charge in [-0.1, -0.05) is 34.1 Å². The number of alkyl halides is 2. The van der Waals surface area contributed by atoms with Gasteiger partial charge >= 0.3 is 6.61 Å². The van der Waals surface area contributed by atoms with Crippen molar-refractivity contribution in [2.45, 2.75) is 26.0 Å². The van der Waals surface area contributed by atoms with E-state index in [1.54, 1.807) is 24.1 Å². The SMILES string of the molecule is CN(Cc1ccc(OC(F)F)cc1)C(=O)CCCOc1cccc(Br)c1. The molecule has 0 radical (unpaired) electrons. The molecule has 0 aliphatic carbocycles. The molecule has 0 fully saturated rings. The van der Waals surface area contributed by atoms with Crippen molar-refractivity contribution in [2.75, 3.05) is 13.7 Å². The summed E-state index contributed by atoms with van der Waals surface area (Å²) in [4.78, 5) is 13.8. The molecule has 2 aromatic rings. The zero-order chi connectivity index (χ0) is 18.9. The third-order valence-electron chi connectivity index (χ3n) is 3.59. The molecule has 2 rings (SSSR count). The van der Waals surface area contributed by atoms with Crippen molar-refractivity contribution in [1.82, 2.24) is 4.90 Å². The lowest BCUT2D eigenvalue weighted by Gasteiger charge is -2.17. The van der Waals surface area contributed by atoms with Gasteiger partial charge in [0.25, 0.3) is 0 Å². The number of ether oxygens (including phenoxy) is 2. The van der Waals surface area contributed by atoms with Crippen molar-refractivity contribution < 1.29 is 23.0 Å². The molecule has 0 atom stereocenters. The Morgan fingerprint density at radius 2 is 1.88 bits per heavy atom. The molecule has 0 aliphatic rings. The predicted molar refractivity (Wildman–Crippen MR) is 98.4 cm³/mol. The fraction of sp³-hybridized carbons (Fsp3) is 0.316. The maximum atomic E-state index is 12.2. The molecule has 0 spiro atoms. The van der Waals surface area contributed by atoms with E-state index >= 15 is 0 Å². The predicted octanol–water partition coefficient (Wildman–Crippen LogP) is 4.87. The second-order valence-electron chi connectivity index (χ2n) is 5.68. The van der Waals surface area contributed by atoms with Crippen LogP contribution in [-0.4, -0.2) is 31.1 Å². The van der Waals surface area contributed by atoms with E-state index in [0.29, 0.717) is 26.0 Å². The van der Waals surface area contributed by atoms with E-state index in [0.717, 1.165) is 15.8 Å². The summed E-state index contributed by atoms with van der Waals surface area (Å²) in [5, 5.41) is 0. The Morgan fingerprint density at radius 1 is 1.15 bits per heavy atom. The van der Waals surface area contributed by atoms with E-state index < -0.39 is 6.61 Å². The molecule has 0 heterocycles. The molecule has 26 heavy (non-hydrogen) atoms.